The largest absolute Gasteiger partial charge is 0.373 e. The fourth-order valence-electron chi connectivity index (χ4n) is 3.57. The summed E-state index contributed by atoms with van der Waals surface area (Å²) in [6, 6.07) is 4.06. The van der Waals surface area contributed by atoms with Gasteiger partial charge in [0.25, 0.3) is 0 Å². The smallest absolute Gasteiger partial charge is 0.123 e. The van der Waals surface area contributed by atoms with Gasteiger partial charge in [-0.25, -0.2) is 4.39 Å². The van der Waals surface area contributed by atoms with E-state index in [4.69, 9.17) is 22.2 Å². The number of hydrogen-bond donors (Lipinski definition) is 2. The van der Waals surface area contributed by atoms with Crippen molar-refractivity contribution in [1.29, 1.82) is 0 Å². The van der Waals surface area contributed by atoms with Crippen LogP contribution in [-0.4, -0.2) is 12.2 Å². The molecule has 1 aromatic carbocycles. The molecule has 118 valence electrons. The Balaban J connectivity index is 2.42. The van der Waals surface area contributed by atoms with Gasteiger partial charge in [0.2, 0.25) is 0 Å². The fourth-order valence-corrected chi connectivity index (χ4v) is 3.80. The van der Waals surface area contributed by atoms with Crippen molar-refractivity contribution in [3.8, 4) is 0 Å². The first kappa shape index (κ1) is 16.7. The van der Waals surface area contributed by atoms with E-state index in [-0.39, 0.29) is 11.9 Å². The van der Waals surface area contributed by atoms with Crippen LogP contribution in [0.3, 0.4) is 0 Å². The zero-order valence-electron chi connectivity index (χ0n) is 12.7. The van der Waals surface area contributed by atoms with E-state index < -0.39 is 5.60 Å². The van der Waals surface area contributed by atoms with Gasteiger partial charge in [0, 0.05) is 11.6 Å². The molecule has 0 radical (unpaired) electrons. The third-order valence-electron chi connectivity index (χ3n) is 4.38. The molecule has 21 heavy (non-hydrogen) atoms. The molecule has 0 amide bonds. The van der Waals surface area contributed by atoms with E-state index in [1.165, 1.54) is 18.6 Å². The molecule has 0 saturated heterocycles. The summed E-state index contributed by atoms with van der Waals surface area (Å²) in [5.41, 5.74) is 3.06. The van der Waals surface area contributed by atoms with Crippen LogP contribution in [0.25, 0.3) is 0 Å². The molecule has 3 nitrogen and oxygen atoms in total. The van der Waals surface area contributed by atoms with Crippen LogP contribution in [0.5, 0.6) is 0 Å². The summed E-state index contributed by atoms with van der Waals surface area (Å²) in [5, 5.41) is 0.511. The van der Waals surface area contributed by atoms with Crippen LogP contribution >= 0.6 is 11.6 Å². The highest BCUT2D eigenvalue weighted by Crippen LogP contribution is 2.44. The van der Waals surface area contributed by atoms with Gasteiger partial charge in [-0.2, -0.15) is 0 Å². The van der Waals surface area contributed by atoms with E-state index in [1.807, 2.05) is 6.92 Å². The third-order valence-corrected chi connectivity index (χ3v) is 4.73. The molecule has 0 heterocycles. The molecule has 0 aliphatic heterocycles. The van der Waals surface area contributed by atoms with Crippen molar-refractivity contribution in [2.24, 2.45) is 11.8 Å². The van der Waals surface area contributed by atoms with E-state index >= 15 is 0 Å². The molecule has 1 fully saturated rings. The standard InChI is InChI=1S/C16H24ClFN2O/c1-3-21-16(8-4-5-11(2)10-16)15(20-19)13-9-12(18)6-7-14(13)17/h6-7,9,11,15,20H,3-5,8,10,19H2,1-2H3. The average Bonchev–Trinajstić information content (AvgIpc) is 2.43. The predicted molar refractivity (Wildman–Crippen MR) is 83.5 cm³/mol. The lowest BCUT2D eigenvalue weighted by Gasteiger charge is -2.45. The molecule has 3 unspecified atom stereocenters. The van der Waals surface area contributed by atoms with E-state index in [0.717, 1.165) is 19.3 Å². The molecule has 0 aromatic heterocycles. The first-order chi connectivity index (χ1) is 10.0. The second kappa shape index (κ2) is 7.05. The van der Waals surface area contributed by atoms with E-state index in [9.17, 15) is 4.39 Å². The summed E-state index contributed by atoms with van der Waals surface area (Å²) in [6.07, 6.45) is 4.05. The lowest BCUT2D eigenvalue weighted by molar-refractivity contribution is -0.102. The van der Waals surface area contributed by atoms with Crippen molar-refractivity contribution in [1.82, 2.24) is 5.43 Å². The number of halogens is 2. The van der Waals surface area contributed by atoms with Crippen molar-refractivity contribution in [2.75, 3.05) is 6.61 Å². The SMILES string of the molecule is CCOC1(C(NN)c2cc(F)ccc2Cl)CCCC(C)C1. The van der Waals surface area contributed by atoms with E-state index in [1.54, 1.807) is 6.07 Å². The molecule has 1 aliphatic carbocycles. The number of nitrogens with one attached hydrogen (secondary N) is 1. The maximum Gasteiger partial charge on any atom is 0.123 e. The van der Waals surface area contributed by atoms with Gasteiger partial charge in [-0.1, -0.05) is 31.4 Å². The van der Waals surface area contributed by atoms with E-state index in [2.05, 4.69) is 12.3 Å². The number of ether oxygens (including phenoxy) is 1. The minimum atomic E-state index is -0.432. The second-order valence-electron chi connectivity index (χ2n) is 5.96. The first-order valence-corrected chi connectivity index (χ1v) is 7.95. The molecule has 0 bridgehead atoms. The van der Waals surface area contributed by atoms with Crippen molar-refractivity contribution in [2.45, 2.75) is 51.2 Å². The van der Waals surface area contributed by atoms with Gasteiger partial charge in [0.05, 0.1) is 11.6 Å². The summed E-state index contributed by atoms with van der Waals surface area (Å²) in [7, 11) is 0. The Morgan fingerprint density at radius 3 is 2.95 bits per heavy atom. The summed E-state index contributed by atoms with van der Waals surface area (Å²) >= 11 is 6.27. The third kappa shape index (κ3) is 3.57. The molecule has 1 saturated carbocycles. The number of hydrogen-bond acceptors (Lipinski definition) is 3. The van der Waals surface area contributed by atoms with Gasteiger partial charge in [0.1, 0.15) is 5.82 Å². The average molecular weight is 315 g/mol. The zero-order valence-corrected chi connectivity index (χ0v) is 13.4. The maximum atomic E-state index is 13.6. The van der Waals surface area contributed by atoms with Crippen LogP contribution < -0.4 is 11.3 Å². The summed E-state index contributed by atoms with van der Waals surface area (Å²) < 4.78 is 19.7. The molecule has 3 N–H and O–H groups in total. The highest BCUT2D eigenvalue weighted by molar-refractivity contribution is 6.31. The minimum Gasteiger partial charge on any atom is -0.373 e. The van der Waals surface area contributed by atoms with Gasteiger partial charge < -0.3 is 4.74 Å². The van der Waals surface area contributed by atoms with Crippen LogP contribution in [0.1, 0.15) is 51.1 Å². The van der Waals surface area contributed by atoms with Crippen LogP contribution in [-0.2, 0) is 4.74 Å². The fraction of sp³-hybridized carbons (Fsp3) is 0.625. The Hall–Kier alpha value is -0.680. The lowest BCUT2D eigenvalue weighted by Crippen LogP contribution is -2.51. The van der Waals surface area contributed by atoms with Gasteiger partial charge in [-0.15, -0.1) is 0 Å². The van der Waals surface area contributed by atoms with Crippen LogP contribution in [0.15, 0.2) is 18.2 Å². The number of benzene rings is 1. The Kier molecular flexibility index (Phi) is 5.60. The van der Waals surface area contributed by atoms with Crippen molar-refractivity contribution < 1.29 is 9.13 Å². The first-order valence-electron chi connectivity index (χ1n) is 7.57. The molecule has 2 rings (SSSR count). The number of rotatable bonds is 5. The van der Waals surface area contributed by atoms with E-state index in [0.29, 0.717) is 23.1 Å². The normalized spacial score (nSPS) is 27.6. The summed E-state index contributed by atoms with van der Waals surface area (Å²) in [4.78, 5) is 0. The van der Waals surface area contributed by atoms with Gasteiger partial charge >= 0.3 is 0 Å². The molecule has 1 aliphatic rings. The van der Waals surface area contributed by atoms with Crippen molar-refractivity contribution >= 4 is 11.6 Å². The zero-order chi connectivity index (χ0) is 15.5. The Morgan fingerprint density at radius 2 is 2.33 bits per heavy atom. The molecular weight excluding hydrogens is 291 g/mol. The van der Waals surface area contributed by atoms with Crippen LogP contribution in [0.2, 0.25) is 5.02 Å². The lowest BCUT2D eigenvalue weighted by atomic mass is 9.73. The van der Waals surface area contributed by atoms with Gasteiger partial charge in [0.15, 0.2) is 0 Å². The highest BCUT2D eigenvalue weighted by atomic mass is 35.5. The molecule has 1 aromatic rings. The van der Waals surface area contributed by atoms with Gasteiger partial charge in [-0.05, 0) is 49.4 Å². The monoisotopic (exact) mass is 314 g/mol. The minimum absolute atomic E-state index is 0.315. The quantitative estimate of drug-likeness (QED) is 0.638. The highest BCUT2D eigenvalue weighted by Gasteiger charge is 2.43. The second-order valence-corrected chi connectivity index (χ2v) is 6.37. The Bertz CT molecular complexity index is 481. The predicted octanol–water partition coefficient (Wildman–Crippen LogP) is 3.97. The maximum absolute atomic E-state index is 13.6. The Labute approximate surface area is 131 Å². The van der Waals surface area contributed by atoms with Crippen molar-refractivity contribution in [3.63, 3.8) is 0 Å². The summed E-state index contributed by atoms with van der Waals surface area (Å²) in [5.74, 6) is 6.04. The summed E-state index contributed by atoms with van der Waals surface area (Å²) in [6.45, 7) is 4.79. The number of nitrogens with two attached hydrogens (primary N) is 1. The topological polar surface area (TPSA) is 47.3 Å². The number of hydrazine groups is 1. The Morgan fingerprint density at radius 1 is 1.57 bits per heavy atom. The van der Waals surface area contributed by atoms with Crippen LogP contribution in [0, 0.1) is 11.7 Å². The van der Waals surface area contributed by atoms with Crippen molar-refractivity contribution in [3.05, 3.63) is 34.6 Å². The molecule has 3 atom stereocenters. The molecule has 0 spiro atoms. The molecular formula is C16H24ClFN2O. The molecule has 5 heteroatoms. The van der Waals surface area contributed by atoms with Crippen LogP contribution in [0.4, 0.5) is 4.39 Å². The van der Waals surface area contributed by atoms with Gasteiger partial charge in [-0.3, -0.25) is 11.3 Å².